The maximum Gasteiger partial charge on any atom is 0.166 e. The first-order chi connectivity index (χ1) is 19.9. The predicted molar refractivity (Wildman–Crippen MR) is 153 cm³/mol. The van der Waals surface area contributed by atoms with Crippen molar-refractivity contribution in [1.82, 2.24) is 9.80 Å². The number of aliphatic hydroxyl groups is 2. The van der Waals surface area contributed by atoms with Crippen LogP contribution in [-0.2, 0) is 23.9 Å². The van der Waals surface area contributed by atoms with E-state index in [-0.39, 0.29) is 29.1 Å². The second kappa shape index (κ2) is 9.36. The van der Waals surface area contributed by atoms with E-state index in [1.54, 1.807) is 14.2 Å². The molecule has 4 heterocycles. The summed E-state index contributed by atoms with van der Waals surface area (Å²) in [5.41, 5.74) is 4.90. The molecule has 0 radical (unpaired) electrons. The van der Waals surface area contributed by atoms with E-state index in [9.17, 15) is 10.2 Å². The van der Waals surface area contributed by atoms with Crippen LogP contribution in [0.1, 0.15) is 60.8 Å². The maximum atomic E-state index is 10.5. The lowest BCUT2D eigenvalue weighted by Crippen LogP contribution is -2.46. The summed E-state index contributed by atoms with van der Waals surface area (Å²) < 4.78 is 24.5. The first kappa shape index (κ1) is 25.9. The van der Waals surface area contributed by atoms with Crippen molar-refractivity contribution in [2.24, 2.45) is 0 Å². The van der Waals surface area contributed by atoms with Crippen molar-refractivity contribution in [1.29, 1.82) is 0 Å². The number of nitrogens with zero attached hydrogens (tertiary/aromatic N) is 2. The summed E-state index contributed by atoms with van der Waals surface area (Å²) in [5.74, 6) is 3.34. The van der Waals surface area contributed by atoms with Crippen molar-refractivity contribution in [2.45, 2.75) is 86.9 Å². The summed E-state index contributed by atoms with van der Waals surface area (Å²) in [7, 11) is 3.41. The van der Waals surface area contributed by atoms with Gasteiger partial charge in [-0.2, -0.15) is 0 Å². The summed E-state index contributed by atoms with van der Waals surface area (Å²) in [6.45, 7) is 4.51. The van der Waals surface area contributed by atoms with Gasteiger partial charge < -0.3 is 29.2 Å². The Balaban J connectivity index is 1.11. The van der Waals surface area contributed by atoms with Gasteiger partial charge in [0.05, 0.1) is 38.5 Å². The Kier molecular flexibility index (Phi) is 5.91. The lowest BCUT2D eigenvalue weighted by atomic mass is 9.65. The van der Waals surface area contributed by atoms with Crippen LogP contribution in [0.3, 0.4) is 0 Å². The average Bonchev–Trinajstić information content (AvgIpc) is 3.36. The van der Waals surface area contributed by atoms with Crippen molar-refractivity contribution < 1.29 is 29.2 Å². The lowest BCUT2D eigenvalue weighted by Gasteiger charge is -2.40. The summed E-state index contributed by atoms with van der Waals surface area (Å²) >= 11 is 0. The fraction of sp³-hybridized carbons (Fsp3) is 0.576. The van der Waals surface area contributed by atoms with E-state index in [4.69, 9.17) is 18.9 Å². The Morgan fingerprint density at radius 3 is 2.22 bits per heavy atom. The molecule has 0 unspecified atom stereocenters. The molecular formula is C33H40N2O6. The Labute approximate surface area is 241 Å². The Bertz CT molecular complexity index is 1410. The molecule has 0 saturated heterocycles. The van der Waals surface area contributed by atoms with Gasteiger partial charge in [-0.3, -0.25) is 9.80 Å². The predicted octanol–water partition coefficient (Wildman–Crippen LogP) is 3.64. The fourth-order valence-corrected chi connectivity index (χ4v) is 8.93. The van der Waals surface area contributed by atoms with Gasteiger partial charge in [0.2, 0.25) is 0 Å². The topological polar surface area (TPSA) is 83.9 Å². The number of hydrogen-bond acceptors (Lipinski definition) is 8. The van der Waals surface area contributed by atoms with Crippen molar-refractivity contribution in [3.63, 3.8) is 0 Å². The molecular weight excluding hydrogens is 520 g/mol. The molecule has 1 saturated carbocycles. The number of hydrogen-bond donors (Lipinski definition) is 2. The largest absolute Gasteiger partial charge is 0.493 e. The summed E-state index contributed by atoms with van der Waals surface area (Å²) in [4.78, 5) is 5.18. The molecule has 6 atom stereocenters. The van der Waals surface area contributed by atoms with Crippen LogP contribution in [0.5, 0.6) is 23.0 Å². The molecule has 2 spiro atoms. The smallest absolute Gasteiger partial charge is 0.166 e. The van der Waals surface area contributed by atoms with E-state index in [0.717, 1.165) is 81.5 Å². The van der Waals surface area contributed by atoms with Gasteiger partial charge in [0.15, 0.2) is 23.0 Å². The number of ether oxygens (including phenoxy) is 4. The van der Waals surface area contributed by atoms with Gasteiger partial charge >= 0.3 is 0 Å². The second-order valence-electron chi connectivity index (χ2n) is 13.0. The minimum atomic E-state index is -0.478. The van der Waals surface area contributed by atoms with Crippen LogP contribution in [-0.4, -0.2) is 78.4 Å². The Hall–Kier alpha value is -2.78. The molecule has 0 bridgehead atoms. The third-order valence-electron chi connectivity index (χ3n) is 10.9. The van der Waals surface area contributed by atoms with Crippen LogP contribution >= 0.6 is 0 Å². The van der Waals surface area contributed by atoms with Gasteiger partial charge in [-0.05, 0) is 48.9 Å². The van der Waals surface area contributed by atoms with Crippen molar-refractivity contribution >= 4 is 0 Å². The van der Waals surface area contributed by atoms with Crippen molar-refractivity contribution in [3.05, 3.63) is 58.7 Å². The number of methoxy groups -OCH3 is 2. The van der Waals surface area contributed by atoms with Crippen LogP contribution < -0.4 is 18.9 Å². The molecule has 41 heavy (non-hydrogen) atoms. The van der Waals surface area contributed by atoms with Crippen LogP contribution in [0.15, 0.2) is 36.4 Å². The van der Waals surface area contributed by atoms with E-state index in [0.29, 0.717) is 12.8 Å². The number of rotatable bonds is 4. The zero-order valence-corrected chi connectivity index (χ0v) is 24.0. The van der Waals surface area contributed by atoms with Crippen LogP contribution in [0.25, 0.3) is 0 Å². The minimum absolute atomic E-state index is 0.00203. The van der Waals surface area contributed by atoms with Gasteiger partial charge in [0, 0.05) is 55.6 Å². The van der Waals surface area contributed by atoms with Gasteiger partial charge in [0.1, 0.15) is 12.2 Å². The Morgan fingerprint density at radius 2 is 1.49 bits per heavy atom. The van der Waals surface area contributed by atoms with E-state index >= 15 is 0 Å². The van der Waals surface area contributed by atoms with Crippen molar-refractivity contribution in [2.75, 3.05) is 34.0 Å². The van der Waals surface area contributed by atoms with E-state index in [2.05, 4.69) is 34.1 Å². The molecule has 2 aromatic carbocycles. The van der Waals surface area contributed by atoms with Crippen molar-refractivity contribution in [3.8, 4) is 23.0 Å². The molecule has 0 amide bonds. The molecule has 2 N–H and O–H groups in total. The average molecular weight is 561 g/mol. The van der Waals surface area contributed by atoms with Gasteiger partial charge in [-0.25, -0.2) is 0 Å². The second-order valence-corrected chi connectivity index (χ2v) is 13.0. The lowest BCUT2D eigenvalue weighted by molar-refractivity contribution is 0.00895. The van der Waals surface area contributed by atoms with E-state index in [1.807, 2.05) is 12.1 Å². The highest BCUT2D eigenvalue weighted by Gasteiger charge is 2.55. The molecule has 8 rings (SSSR count). The monoisotopic (exact) mass is 560 g/mol. The highest BCUT2D eigenvalue weighted by Crippen LogP contribution is 2.58. The quantitative estimate of drug-likeness (QED) is 0.549. The molecule has 2 aromatic rings. The molecule has 1 fully saturated rings. The molecule has 8 heteroatoms. The van der Waals surface area contributed by atoms with Gasteiger partial charge in [0.25, 0.3) is 0 Å². The zero-order valence-electron chi connectivity index (χ0n) is 24.0. The standard InChI is InChI=1S/C33H40N2O6/c1-38-24-5-3-20-17-34(13-11-32-9-7-22(36)15-26(32)40-30(24)28(20)32)19-35-14-12-33-10-8-23(37)16-27(33)41-31-25(39-2)6-4-21(18-35)29(31)33/h3-7,9,22-23,26-27,36-37H,8,10-19H2,1-2H3/t22-,23-,26-,27-,32-,33-/m0/s1. The molecule has 8 nitrogen and oxygen atoms in total. The van der Waals surface area contributed by atoms with Crippen LogP contribution in [0.4, 0.5) is 0 Å². The molecule has 218 valence electrons. The number of benzene rings is 2. The first-order valence-corrected chi connectivity index (χ1v) is 15.2. The first-order valence-electron chi connectivity index (χ1n) is 15.2. The van der Waals surface area contributed by atoms with Gasteiger partial charge in [-0.1, -0.05) is 24.3 Å². The summed E-state index contributed by atoms with van der Waals surface area (Å²) in [6, 6.07) is 8.53. The highest BCUT2D eigenvalue weighted by molar-refractivity contribution is 5.61. The van der Waals surface area contributed by atoms with Crippen LogP contribution in [0.2, 0.25) is 0 Å². The van der Waals surface area contributed by atoms with Crippen LogP contribution in [0, 0.1) is 0 Å². The van der Waals surface area contributed by atoms with E-state index < -0.39 is 6.10 Å². The molecule has 0 aromatic heterocycles. The third kappa shape index (κ3) is 3.73. The third-order valence-corrected chi connectivity index (χ3v) is 10.9. The fourth-order valence-electron chi connectivity index (χ4n) is 8.93. The van der Waals surface area contributed by atoms with Gasteiger partial charge in [-0.15, -0.1) is 0 Å². The SMILES string of the molecule is COc1ccc2c3c1O[C@H]1C[C@@H](O)CC[C@@]31CCN(CN1CC[C@@]34C=C[C@H](O)C[C@@H]3Oc3c(OC)ccc(c34)C1)C2. The summed E-state index contributed by atoms with van der Waals surface area (Å²) in [6.07, 6.45) is 8.32. The normalized spacial score (nSPS) is 35.2. The minimum Gasteiger partial charge on any atom is -0.493 e. The zero-order chi connectivity index (χ0) is 27.9. The van der Waals surface area contributed by atoms with E-state index in [1.165, 1.54) is 22.3 Å². The molecule has 6 aliphatic rings. The Morgan fingerprint density at radius 1 is 0.829 bits per heavy atom. The number of aliphatic hydroxyl groups excluding tert-OH is 2. The summed E-state index contributed by atoms with van der Waals surface area (Å²) in [5, 5.41) is 20.9. The molecule has 2 aliphatic carbocycles. The maximum absolute atomic E-state index is 10.5. The molecule has 4 aliphatic heterocycles. The highest BCUT2D eigenvalue weighted by atomic mass is 16.5.